The third-order valence-corrected chi connectivity index (χ3v) is 4.69. The fourth-order valence-corrected chi connectivity index (χ4v) is 3.61. The number of hydrogen-bond acceptors (Lipinski definition) is 4. The minimum Gasteiger partial charge on any atom is -0.486 e. The van der Waals surface area contributed by atoms with Gasteiger partial charge in [0.1, 0.15) is 13.2 Å². The number of para-hydroxylation sites is 1. The van der Waals surface area contributed by atoms with Crippen molar-refractivity contribution in [3.8, 4) is 11.5 Å². The first-order valence-electron chi connectivity index (χ1n) is 6.03. The Bertz CT molecular complexity index is 582. The molecular weight excluding hydrogens is 328 g/mol. The number of aliphatic hydroxyl groups is 1. The smallest absolute Gasteiger partial charge is 0.167 e. The van der Waals surface area contributed by atoms with Crippen LogP contribution in [-0.2, 0) is 6.42 Å². The monoisotopic (exact) mass is 340 g/mol. The molecule has 1 aliphatic rings. The van der Waals surface area contributed by atoms with E-state index < -0.39 is 6.10 Å². The van der Waals surface area contributed by atoms with Gasteiger partial charge in [-0.2, -0.15) is 0 Å². The summed E-state index contributed by atoms with van der Waals surface area (Å²) < 4.78 is 12.2. The van der Waals surface area contributed by atoms with Gasteiger partial charge in [-0.3, -0.25) is 0 Å². The van der Waals surface area contributed by atoms with Crippen molar-refractivity contribution in [2.45, 2.75) is 12.5 Å². The summed E-state index contributed by atoms with van der Waals surface area (Å²) >= 11 is 5.05. The maximum absolute atomic E-state index is 10.4. The van der Waals surface area contributed by atoms with Gasteiger partial charge in [0.2, 0.25) is 0 Å². The second-order valence-corrected chi connectivity index (χ2v) is 6.23. The number of fused-ring (bicyclic) bond motifs is 1. The van der Waals surface area contributed by atoms with Crippen molar-refractivity contribution in [2.24, 2.45) is 0 Å². The Balaban J connectivity index is 1.85. The molecule has 0 fully saturated rings. The molecule has 2 heterocycles. The molecule has 1 atom stereocenters. The second kappa shape index (κ2) is 5.53. The number of ether oxygens (including phenoxy) is 2. The van der Waals surface area contributed by atoms with Crippen LogP contribution < -0.4 is 9.47 Å². The van der Waals surface area contributed by atoms with Gasteiger partial charge in [0.25, 0.3) is 0 Å². The molecule has 1 aromatic heterocycles. The van der Waals surface area contributed by atoms with Gasteiger partial charge in [-0.1, -0.05) is 12.1 Å². The first-order valence-corrected chi connectivity index (χ1v) is 7.71. The van der Waals surface area contributed by atoms with Crippen LogP contribution in [0.2, 0.25) is 0 Å². The quantitative estimate of drug-likeness (QED) is 0.928. The van der Waals surface area contributed by atoms with Crippen LogP contribution in [0.5, 0.6) is 11.5 Å². The van der Waals surface area contributed by atoms with Crippen molar-refractivity contribution in [1.29, 1.82) is 0 Å². The average Bonchev–Trinajstić information content (AvgIpc) is 2.83. The van der Waals surface area contributed by atoms with Crippen molar-refractivity contribution < 1.29 is 14.6 Å². The summed E-state index contributed by atoms with van der Waals surface area (Å²) in [5, 5.41) is 12.4. The summed E-state index contributed by atoms with van der Waals surface area (Å²) in [6, 6.07) is 7.67. The van der Waals surface area contributed by atoms with Crippen LogP contribution >= 0.6 is 27.3 Å². The highest BCUT2D eigenvalue weighted by atomic mass is 79.9. The number of benzene rings is 1. The fraction of sp³-hybridized carbons (Fsp3) is 0.286. The van der Waals surface area contributed by atoms with Crippen LogP contribution in [0.4, 0.5) is 0 Å². The molecule has 5 heteroatoms. The Morgan fingerprint density at radius 2 is 2.16 bits per heavy atom. The molecule has 0 radical (unpaired) electrons. The molecule has 0 bridgehead atoms. The van der Waals surface area contributed by atoms with E-state index >= 15 is 0 Å². The van der Waals surface area contributed by atoms with E-state index in [2.05, 4.69) is 15.9 Å². The molecule has 0 saturated carbocycles. The summed E-state index contributed by atoms with van der Waals surface area (Å²) in [5.41, 5.74) is 0.793. The predicted octanol–water partition coefficient (Wildman–Crippen LogP) is 3.56. The molecule has 0 aliphatic carbocycles. The molecule has 3 rings (SSSR count). The van der Waals surface area contributed by atoms with E-state index in [4.69, 9.17) is 9.47 Å². The molecule has 1 aliphatic heterocycles. The third-order valence-electron chi connectivity index (χ3n) is 2.97. The molecule has 1 unspecified atom stereocenters. The maximum Gasteiger partial charge on any atom is 0.167 e. The minimum absolute atomic E-state index is 0.529. The molecule has 100 valence electrons. The summed E-state index contributed by atoms with van der Waals surface area (Å²) in [4.78, 5) is 1.13. The van der Waals surface area contributed by atoms with Crippen molar-refractivity contribution in [2.75, 3.05) is 13.2 Å². The Labute approximate surface area is 123 Å². The van der Waals surface area contributed by atoms with Crippen LogP contribution in [0.15, 0.2) is 34.1 Å². The molecule has 2 aromatic rings. The van der Waals surface area contributed by atoms with Gasteiger partial charge < -0.3 is 14.6 Å². The van der Waals surface area contributed by atoms with Crippen molar-refractivity contribution in [3.05, 3.63) is 44.6 Å². The molecule has 0 spiro atoms. The normalized spacial score (nSPS) is 15.3. The van der Waals surface area contributed by atoms with Gasteiger partial charge in [-0.05, 0) is 28.1 Å². The lowest BCUT2D eigenvalue weighted by Crippen LogP contribution is -2.17. The van der Waals surface area contributed by atoms with Crippen molar-refractivity contribution in [3.63, 3.8) is 0 Å². The lowest BCUT2D eigenvalue weighted by atomic mass is 10.0. The van der Waals surface area contributed by atoms with E-state index in [0.717, 1.165) is 20.7 Å². The molecule has 0 amide bonds. The van der Waals surface area contributed by atoms with Gasteiger partial charge in [-0.15, -0.1) is 11.3 Å². The summed E-state index contributed by atoms with van der Waals surface area (Å²) in [5.74, 6) is 1.40. The zero-order valence-electron chi connectivity index (χ0n) is 10.1. The molecule has 19 heavy (non-hydrogen) atoms. The first-order chi connectivity index (χ1) is 9.24. The molecule has 0 saturated heterocycles. The van der Waals surface area contributed by atoms with Gasteiger partial charge in [0.15, 0.2) is 11.5 Å². The van der Waals surface area contributed by atoms with Gasteiger partial charge in [-0.25, -0.2) is 0 Å². The average molecular weight is 341 g/mol. The SMILES string of the molecule is OC(Cc1cc(Br)cs1)c1cccc2c1OCCO2. The lowest BCUT2D eigenvalue weighted by Gasteiger charge is -2.22. The van der Waals surface area contributed by atoms with E-state index in [9.17, 15) is 5.11 Å². The lowest BCUT2D eigenvalue weighted by molar-refractivity contribution is 0.146. The van der Waals surface area contributed by atoms with E-state index in [0.29, 0.717) is 25.4 Å². The van der Waals surface area contributed by atoms with Crippen LogP contribution in [0, 0.1) is 0 Å². The number of thiophene rings is 1. The zero-order chi connectivity index (χ0) is 13.2. The Hall–Kier alpha value is -1.04. The fourth-order valence-electron chi connectivity index (χ4n) is 2.12. The second-order valence-electron chi connectivity index (χ2n) is 4.32. The summed E-state index contributed by atoms with van der Waals surface area (Å²) in [7, 11) is 0. The number of halogens is 1. The highest BCUT2D eigenvalue weighted by molar-refractivity contribution is 9.10. The van der Waals surface area contributed by atoms with Crippen LogP contribution in [0.3, 0.4) is 0 Å². The van der Waals surface area contributed by atoms with Gasteiger partial charge in [0.05, 0.1) is 6.10 Å². The predicted molar refractivity (Wildman–Crippen MR) is 78.1 cm³/mol. The Morgan fingerprint density at radius 3 is 2.95 bits per heavy atom. The van der Waals surface area contributed by atoms with Crippen LogP contribution in [0.25, 0.3) is 0 Å². The Kier molecular flexibility index (Phi) is 3.77. The molecular formula is C14H13BrO3S. The first kappa shape index (κ1) is 13.0. The third kappa shape index (κ3) is 2.78. The summed E-state index contributed by atoms with van der Waals surface area (Å²) in [6.45, 7) is 1.09. The highest BCUT2D eigenvalue weighted by Crippen LogP contribution is 2.38. The number of hydrogen-bond donors (Lipinski definition) is 1. The van der Waals surface area contributed by atoms with E-state index in [1.165, 1.54) is 0 Å². The van der Waals surface area contributed by atoms with Crippen molar-refractivity contribution >= 4 is 27.3 Å². The zero-order valence-corrected chi connectivity index (χ0v) is 12.5. The number of aliphatic hydroxyl groups excluding tert-OH is 1. The molecule has 3 nitrogen and oxygen atoms in total. The standard InChI is InChI=1S/C14H13BrO3S/c15-9-6-10(19-8-9)7-12(16)11-2-1-3-13-14(11)18-5-4-17-13/h1-3,6,8,12,16H,4-5,7H2. The maximum atomic E-state index is 10.4. The largest absolute Gasteiger partial charge is 0.486 e. The Morgan fingerprint density at radius 1 is 1.32 bits per heavy atom. The molecule has 1 aromatic carbocycles. The topological polar surface area (TPSA) is 38.7 Å². The number of rotatable bonds is 3. The van der Waals surface area contributed by atoms with Gasteiger partial charge in [0, 0.05) is 26.7 Å². The van der Waals surface area contributed by atoms with E-state index in [1.807, 2.05) is 29.6 Å². The summed E-state index contributed by atoms with van der Waals surface area (Å²) in [6.07, 6.45) is -0.00185. The van der Waals surface area contributed by atoms with Crippen LogP contribution in [0.1, 0.15) is 16.5 Å². The molecule has 1 N–H and O–H groups in total. The van der Waals surface area contributed by atoms with E-state index in [-0.39, 0.29) is 0 Å². The minimum atomic E-state index is -0.581. The van der Waals surface area contributed by atoms with E-state index in [1.54, 1.807) is 11.3 Å². The highest BCUT2D eigenvalue weighted by Gasteiger charge is 2.21. The van der Waals surface area contributed by atoms with Crippen LogP contribution in [-0.4, -0.2) is 18.3 Å². The van der Waals surface area contributed by atoms with Gasteiger partial charge >= 0.3 is 0 Å². The van der Waals surface area contributed by atoms with Crippen molar-refractivity contribution in [1.82, 2.24) is 0 Å².